The fourth-order valence-corrected chi connectivity index (χ4v) is 3.07. The fraction of sp³-hybridized carbons (Fsp3) is 0.150. The summed E-state index contributed by atoms with van der Waals surface area (Å²) in [5.41, 5.74) is 4.83. The number of benzene rings is 2. The first-order valence-electron chi connectivity index (χ1n) is 8.13. The van der Waals surface area contributed by atoms with Crippen molar-refractivity contribution in [2.45, 2.75) is 20.8 Å². The number of furan rings is 1. The van der Waals surface area contributed by atoms with E-state index < -0.39 is 5.97 Å². The topological polar surface area (TPSA) is 89.4 Å². The number of carboxylic acids is 1. The lowest BCUT2D eigenvalue weighted by Gasteiger charge is -1.98. The molecule has 0 spiro atoms. The molecule has 0 amide bonds. The van der Waals surface area contributed by atoms with Crippen LogP contribution >= 0.6 is 0 Å². The molecule has 0 fully saturated rings. The summed E-state index contributed by atoms with van der Waals surface area (Å²) in [5.74, 6) is 0.257. The number of fused-ring (bicyclic) bond motifs is 1. The Morgan fingerprint density at radius 2 is 1.69 bits per heavy atom. The van der Waals surface area contributed by atoms with Gasteiger partial charge in [-0.25, -0.2) is 4.79 Å². The van der Waals surface area contributed by atoms with Gasteiger partial charge in [0, 0.05) is 16.5 Å². The quantitative estimate of drug-likeness (QED) is 0.573. The molecule has 0 aliphatic heterocycles. The lowest BCUT2D eigenvalue weighted by Crippen LogP contribution is -1.95. The highest BCUT2D eigenvalue weighted by Crippen LogP contribution is 2.36. The van der Waals surface area contributed by atoms with Gasteiger partial charge >= 0.3 is 5.97 Å². The number of aromatic nitrogens is 2. The second-order valence-corrected chi connectivity index (χ2v) is 6.27. The average molecular weight is 348 g/mol. The molecule has 0 unspecified atom stereocenters. The van der Waals surface area contributed by atoms with E-state index in [2.05, 4.69) is 16.2 Å². The molecule has 0 aliphatic carbocycles. The van der Waals surface area contributed by atoms with E-state index in [4.69, 9.17) is 14.0 Å². The van der Waals surface area contributed by atoms with Gasteiger partial charge in [0.2, 0.25) is 5.82 Å². The Hall–Kier alpha value is -3.41. The standard InChI is InChI=1S/C20H16N2O4/c1-10-4-5-11(2)16-15(10)12(3)17(25-16)19-21-18(22-26-19)13-6-8-14(9-7-13)20(23)24/h4-9H,1-3H3,(H,23,24). The van der Waals surface area contributed by atoms with Crippen LogP contribution in [0.15, 0.2) is 45.3 Å². The van der Waals surface area contributed by atoms with Gasteiger partial charge in [0.15, 0.2) is 5.76 Å². The molecule has 0 aliphatic rings. The van der Waals surface area contributed by atoms with Crippen LogP contribution in [-0.2, 0) is 0 Å². The van der Waals surface area contributed by atoms with Crippen molar-refractivity contribution in [1.82, 2.24) is 10.1 Å². The maximum Gasteiger partial charge on any atom is 0.335 e. The minimum atomic E-state index is -0.978. The molecular formula is C20H16N2O4. The van der Waals surface area contributed by atoms with Crippen LogP contribution in [0, 0.1) is 20.8 Å². The van der Waals surface area contributed by atoms with Crippen LogP contribution in [0.1, 0.15) is 27.0 Å². The summed E-state index contributed by atoms with van der Waals surface area (Å²) in [6, 6.07) is 10.4. The van der Waals surface area contributed by atoms with Gasteiger partial charge in [-0.05, 0) is 44.0 Å². The van der Waals surface area contributed by atoms with E-state index in [1.165, 1.54) is 12.1 Å². The summed E-state index contributed by atoms with van der Waals surface area (Å²) >= 11 is 0. The van der Waals surface area contributed by atoms with Crippen molar-refractivity contribution in [3.05, 3.63) is 58.7 Å². The van der Waals surface area contributed by atoms with Crippen LogP contribution in [0.3, 0.4) is 0 Å². The van der Waals surface area contributed by atoms with E-state index in [0.29, 0.717) is 23.0 Å². The molecule has 1 N–H and O–H groups in total. The highest BCUT2D eigenvalue weighted by atomic mass is 16.5. The number of nitrogens with zero attached hydrogens (tertiary/aromatic N) is 2. The zero-order chi connectivity index (χ0) is 18.4. The molecule has 2 heterocycles. The number of rotatable bonds is 3. The Kier molecular flexibility index (Phi) is 3.61. The van der Waals surface area contributed by atoms with Crippen LogP contribution in [0.4, 0.5) is 0 Å². The van der Waals surface area contributed by atoms with E-state index in [9.17, 15) is 4.79 Å². The molecule has 2 aromatic heterocycles. The third kappa shape index (κ3) is 2.47. The molecule has 0 saturated heterocycles. The smallest absolute Gasteiger partial charge is 0.335 e. The Morgan fingerprint density at radius 1 is 1.00 bits per heavy atom. The zero-order valence-electron chi connectivity index (χ0n) is 14.5. The summed E-state index contributed by atoms with van der Waals surface area (Å²) in [7, 11) is 0. The van der Waals surface area contributed by atoms with Gasteiger partial charge < -0.3 is 14.0 Å². The Balaban J connectivity index is 1.78. The molecule has 0 saturated carbocycles. The van der Waals surface area contributed by atoms with Gasteiger partial charge in [0.25, 0.3) is 5.89 Å². The van der Waals surface area contributed by atoms with Crippen molar-refractivity contribution in [2.24, 2.45) is 0 Å². The fourth-order valence-electron chi connectivity index (χ4n) is 3.07. The highest BCUT2D eigenvalue weighted by molar-refractivity contribution is 5.91. The number of hydrogen-bond acceptors (Lipinski definition) is 5. The maximum absolute atomic E-state index is 11.0. The molecule has 4 aromatic rings. The minimum absolute atomic E-state index is 0.205. The van der Waals surface area contributed by atoms with Crippen molar-refractivity contribution in [3.8, 4) is 23.0 Å². The molecule has 0 bridgehead atoms. The maximum atomic E-state index is 11.0. The number of hydrogen-bond donors (Lipinski definition) is 1. The third-order valence-electron chi connectivity index (χ3n) is 4.49. The summed E-state index contributed by atoms with van der Waals surface area (Å²) < 4.78 is 11.4. The van der Waals surface area contributed by atoms with Crippen molar-refractivity contribution in [2.75, 3.05) is 0 Å². The molecule has 6 nitrogen and oxygen atoms in total. The third-order valence-corrected chi connectivity index (χ3v) is 4.49. The number of carbonyl (C=O) groups is 1. The first-order chi connectivity index (χ1) is 12.5. The summed E-state index contributed by atoms with van der Waals surface area (Å²) in [5, 5.41) is 14.0. The van der Waals surface area contributed by atoms with Crippen molar-refractivity contribution in [3.63, 3.8) is 0 Å². The molecular weight excluding hydrogens is 332 g/mol. The van der Waals surface area contributed by atoms with Gasteiger partial charge in [-0.1, -0.05) is 29.4 Å². The molecule has 0 atom stereocenters. The molecule has 26 heavy (non-hydrogen) atoms. The van der Waals surface area contributed by atoms with E-state index in [1.807, 2.05) is 26.8 Å². The minimum Gasteiger partial charge on any atom is -0.478 e. The van der Waals surface area contributed by atoms with Gasteiger partial charge in [-0.2, -0.15) is 4.98 Å². The second kappa shape index (κ2) is 5.84. The van der Waals surface area contributed by atoms with Crippen LogP contribution < -0.4 is 0 Å². The molecule has 4 rings (SSSR count). The Morgan fingerprint density at radius 3 is 2.35 bits per heavy atom. The monoisotopic (exact) mass is 348 g/mol. The summed E-state index contributed by atoms with van der Waals surface area (Å²) in [4.78, 5) is 15.4. The van der Waals surface area contributed by atoms with E-state index in [-0.39, 0.29) is 5.56 Å². The Bertz CT molecular complexity index is 1140. The van der Waals surface area contributed by atoms with Crippen molar-refractivity contribution >= 4 is 16.9 Å². The zero-order valence-corrected chi connectivity index (χ0v) is 14.5. The van der Waals surface area contributed by atoms with Crippen LogP contribution in [0.25, 0.3) is 34.0 Å². The largest absolute Gasteiger partial charge is 0.478 e. The van der Waals surface area contributed by atoms with E-state index in [0.717, 1.165) is 27.7 Å². The molecule has 2 aromatic carbocycles. The second-order valence-electron chi connectivity index (χ2n) is 6.27. The first kappa shape index (κ1) is 16.1. The average Bonchev–Trinajstić information content (AvgIpc) is 3.24. The van der Waals surface area contributed by atoms with Crippen LogP contribution in [-0.4, -0.2) is 21.2 Å². The van der Waals surface area contributed by atoms with E-state index in [1.54, 1.807) is 12.1 Å². The lowest BCUT2D eigenvalue weighted by atomic mass is 10.0. The SMILES string of the molecule is Cc1ccc(C)c2c(C)c(-c3nc(-c4ccc(C(=O)O)cc4)no3)oc12. The van der Waals surface area contributed by atoms with E-state index >= 15 is 0 Å². The molecule has 130 valence electrons. The molecule has 6 heteroatoms. The Labute approximate surface area is 149 Å². The van der Waals surface area contributed by atoms with Crippen LogP contribution in [0.5, 0.6) is 0 Å². The van der Waals surface area contributed by atoms with Gasteiger partial charge in [-0.15, -0.1) is 0 Å². The van der Waals surface area contributed by atoms with Gasteiger partial charge in [0.05, 0.1) is 5.56 Å². The summed E-state index contributed by atoms with van der Waals surface area (Å²) in [6.07, 6.45) is 0. The van der Waals surface area contributed by atoms with Gasteiger partial charge in [-0.3, -0.25) is 0 Å². The number of carboxylic acid groups (broad SMARTS) is 1. The highest BCUT2D eigenvalue weighted by Gasteiger charge is 2.21. The van der Waals surface area contributed by atoms with Crippen molar-refractivity contribution in [1.29, 1.82) is 0 Å². The normalized spacial score (nSPS) is 11.2. The van der Waals surface area contributed by atoms with Gasteiger partial charge in [0.1, 0.15) is 5.58 Å². The summed E-state index contributed by atoms with van der Waals surface area (Å²) in [6.45, 7) is 6.01. The predicted molar refractivity (Wildman–Crippen MR) is 96.1 cm³/mol. The van der Waals surface area contributed by atoms with Crippen LogP contribution in [0.2, 0.25) is 0 Å². The molecule has 0 radical (unpaired) electrons. The number of aromatic carboxylic acids is 1. The first-order valence-corrected chi connectivity index (χ1v) is 8.13. The van der Waals surface area contributed by atoms with Crippen molar-refractivity contribution < 1.29 is 18.8 Å². The number of aryl methyl sites for hydroxylation is 3. The predicted octanol–water partition coefficient (Wildman–Crippen LogP) is 4.77. The lowest BCUT2D eigenvalue weighted by molar-refractivity contribution is 0.0697.